The highest BCUT2D eigenvalue weighted by atomic mass is 15.2. The highest BCUT2D eigenvalue weighted by molar-refractivity contribution is 5.39. The highest BCUT2D eigenvalue weighted by Crippen LogP contribution is 2.40. The molecule has 0 aromatic carbocycles. The third kappa shape index (κ3) is 4.60. The Morgan fingerprint density at radius 2 is 1.91 bits per heavy atom. The lowest BCUT2D eigenvalue weighted by molar-refractivity contribution is 0.185. The molecule has 1 fully saturated rings. The lowest BCUT2D eigenvalue weighted by Crippen LogP contribution is -2.38. The van der Waals surface area contributed by atoms with E-state index < -0.39 is 0 Å². The lowest BCUT2D eigenvalue weighted by atomic mass is 9.94. The first-order valence-corrected chi connectivity index (χ1v) is 8.85. The van der Waals surface area contributed by atoms with Crippen LogP contribution >= 0.6 is 0 Å². The van der Waals surface area contributed by atoms with Gasteiger partial charge in [-0.15, -0.1) is 0 Å². The number of nitrogens with zero attached hydrogens (tertiary/aromatic N) is 2. The minimum Gasteiger partial charge on any atom is -0.372 e. The summed E-state index contributed by atoms with van der Waals surface area (Å²) in [4.78, 5) is 4.74. The number of hydrogen-bond acceptors (Lipinski definition) is 2. The van der Waals surface area contributed by atoms with Crippen molar-refractivity contribution in [1.29, 1.82) is 0 Å². The summed E-state index contributed by atoms with van der Waals surface area (Å²) in [5, 5.41) is 0. The summed E-state index contributed by atoms with van der Waals surface area (Å²) in [5.74, 6) is 0.523. The largest absolute Gasteiger partial charge is 0.372 e. The summed E-state index contributed by atoms with van der Waals surface area (Å²) in [7, 11) is 4.35. The quantitative estimate of drug-likeness (QED) is 0.580. The molecule has 4 unspecified atom stereocenters. The number of allylic oxidation sites excluding steroid dienone is 2. The molecule has 0 bridgehead atoms. The molecule has 0 saturated heterocycles. The standard InChI is InChI=1S/C21H36N2/c1-10-12-20(11-2)23(9)16(5)13-19-14-21(18(7)17(19)6)22(8)15(3)4/h10,12,16,19-21H,3,6-7,11,13-14H2,1-2,4-5,8-9H3. The fourth-order valence-corrected chi connectivity index (χ4v) is 3.61. The summed E-state index contributed by atoms with van der Waals surface area (Å²) in [6, 6.07) is 1.40. The van der Waals surface area contributed by atoms with Gasteiger partial charge < -0.3 is 4.90 Å². The predicted octanol–water partition coefficient (Wildman–Crippen LogP) is 5.02. The molecule has 1 aliphatic carbocycles. The van der Waals surface area contributed by atoms with Crippen LogP contribution in [0.1, 0.15) is 47.0 Å². The maximum Gasteiger partial charge on any atom is 0.0538 e. The maximum atomic E-state index is 4.33. The Hall–Kier alpha value is -1.28. The highest BCUT2D eigenvalue weighted by Gasteiger charge is 2.35. The first kappa shape index (κ1) is 19.8. The van der Waals surface area contributed by atoms with E-state index in [1.165, 1.54) is 11.1 Å². The first-order valence-electron chi connectivity index (χ1n) is 8.85. The Bertz CT molecular complexity index is 474. The Balaban J connectivity index is 2.75. The monoisotopic (exact) mass is 316 g/mol. The van der Waals surface area contributed by atoms with Gasteiger partial charge in [-0.25, -0.2) is 0 Å². The SMILES string of the molecule is C=C1C(=C)C(N(C)C(=C)C)CC1CC(C)N(C)C(C=CC)CC. The Kier molecular flexibility index (Phi) is 7.34. The van der Waals surface area contributed by atoms with Crippen molar-refractivity contribution in [2.24, 2.45) is 5.92 Å². The molecule has 1 rings (SSSR count). The van der Waals surface area contributed by atoms with Gasteiger partial charge in [-0.05, 0) is 64.1 Å². The molecule has 1 aliphatic rings. The number of hydrogen-bond donors (Lipinski definition) is 0. The van der Waals surface area contributed by atoms with Gasteiger partial charge in [0.15, 0.2) is 0 Å². The predicted molar refractivity (Wildman–Crippen MR) is 103 cm³/mol. The van der Waals surface area contributed by atoms with E-state index in [-0.39, 0.29) is 0 Å². The van der Waals surface area contributed by atoms with Crippen LogP contribution in [0.2, 0.25) is 0 Å². The van der Waals surface area contributed by atoms with Crippen molar-refractivity contribution in [1.82, 2.24) is 9.80 Å². The molecule has 2 nitrogen and oxygen atoms in total. The summed E-state index contributed by atoms with van der Waals surface area (Å²) in [5.41, 5.74) is 3.52. The van der Waals surface area contributed by atoms with Gasteiger partial charge in [-0.3, -0.25) is 4.90 Å². The van der Waals surface area contributed by atoms with Crippen LogP contribution in [0.15, 0.2) is 48.7 Å². The molecule has 0 aromatic heterocycles. The molecule has 0 heterocycles. The van der Waals surface area contributed by atoms with Crippen LogP contribution in [0, 0.1) is 5.92 Å². The van der Waals surface area contributed by atoms with Crippen LogP contribution in [0.25, 0.3) is 0 Å². The van der Waals surface area contributed by atoms with E-state index in [9.17, 15) is 0 Å². The van der Waals surface area contributed by atoms with E-state index in [4.69, 9.17) is 0 Å². The number of rotatable bonds is 8. The molecular formula is C21H36N2. The number of likely N-dealkylation sites (N-methyl/N-ethyl adjacent to an activating group) is 2. The van der Waals surface area contributed by atoms with Crippen molar-refractivity contribution in [3.63, 3.8) is 0 Å². The van der Waals surface area contributed by atoms with E-state index in [2.05, 4.69) is 83.5 Å². The molecule has 0 aromatic rings. The molecule has 0 N–H and O–H groups in total. The normalized spacial score (nSPS) is 24.5. The summed E-state index contributed by atoms with van der Waals surface area (Å²) in [6.45, 7) is 21.4. The van der Waals surface area contributed by atoms with E-state index in [1.807, 2.05) is 0 Å². The zero-order chi connectivity index (χ0) is 17.7. The van der Waals surface area contributed by atoms with Crippen molar-refractivity contribution in [2.75, 3.05) is 14.1 Å². The van der Waals surface area contributed by atoms with Gasteiger partial charge in [0.05, 0.1) is 6.04 Å². The molecule has 2 heteroatoms. The molecule has 0 amide bonds. The Morgan fingerprint density at radius 3 is 2.39 bits per heavy atom. The van der Waals surface area contributed by atoms with Gasteiger partial charge in [0, 0.05) is 24.8 Å². The molecule has 130 valence electrons. The van der Waals surface area contributed by atoms with E-state index in [0.29, 0.717) is 24.0 Å². The third-order valence-corrected chi connectivity index (χ3v) is 5.56. The van der Waals surface area contributed by atoms with E-state index in [1.54, 1.807) is 0 Å². The van der Waals surface area contributed by atoms with Gasteiger partial charge >= 0.3 is 0 Å². The second-order valence-corrected chi connectivity index (χ2v) is 7.10. The molecule has 23 heavy (non-hydrogen) atoms. The molecule has 0 aliphatic heterocycles. The van der Waals surface area contributed by atoms with Crippen LogP contribution in [-0.2, 0) is 0 Å². The fraction of sp³-hybridized carbons (Fsp3) is 0.619. The van der Waals surface area contributed by atoms with Gasteiger partial charge in [-0.2, -0.15) is 0 Å². The maximum absolute atomic E-state index is 4.33. The average molecular weight is 317 g/mol. The van der Waals surface area contributed by atoms with Crippen LogP contribution in [-0.4, -0.2) is 42.0 Å². The second kappa shape index (κ2) is 8.54. The average Bonchev–Trinajstić information content (AvgIpc) is 2.79. The fourth-order valence-electron chi connectivity index (χ4n) is 3.61. The van der Waals surface area contributed by atoms with Crippen LogP contribution < -0.4 is 0 Å². The smallest absolute Gasteiger partial charge is 0.0538 e. The summed E-state index contributed by atoms with van der Waals surface area (Å²) in [6.07, 6.45) is 7.86. The molecule has 0 radical (unpaired) electrons. The van der Waals surface area contributed by atoms with Crippen molar-refractivity contribution in [3.8, 4) is 0 Å². The van der Waals surface area contributed by atoms with Crippen molar-refractivity contribution >= 4 is 0 Å². The summed E-state index contributed by atoms with van der Waals surface area (Å²) < 4.78 is 0. The van der Waals surface area contributed by atoms with Crippen molar-refractivity contribution in [3.05, 3.63) is 48.7 Å². The minimum atomic E-state index is 0.361. The molecule has 1 saturated carbocycles. The van der Waals surface area contributed by atoms with Crippen molar-refractivity contribution in [2.45, 2.75) is 65.1 Å². The van der Waals surface area contributed by atoms with Gasteiger partial charge in [-0.1, -0.05) is 38.8 Å². The zero-order valence-electron chi connectivity index (χ0n) is 16.1. The van der Waals surface area contributed by atoms with Crippen LogP contribution in [0.4, 0.5) is 0 Å². The Morgan fingerprint density at radius 1 is 1.30 bits per heavy atom. The zero-order valence-corrected chi connectivity index (χ0v) is 16.1. The lowest BCUT2D eigenvalue weighted by Gasteiger charge is -2.33. The summed E-state index contributed by atoms with van der Waals surface area (Å²) >= 11 is 0. The minimum absolute atomic E-state index is 0.361. The third-order valence-electron chi connectivity index (χ3n) is 5.56. The molecular weight excluding hydrogens is 280 g/mol. The Labute approximate surface area is 144 Å². The first-order chi connectivity index (χ1) is 10.7. The van der Waals surface area contributed by atoms with E-state index in [0.717, 1.165) is 25.0 Å². The topological polar surface area (TPSA) is 6.48 Å². The van der Waals surface area contributed by atoms with Crippen LogP contribution in [0.3, 0.4) is 0 Å². The van der Waals surface area contributed by atoms with Crippen LogP contribution in [0.5, 0.6) is 0 Å². The second-order valence-electron chi connectivity index (χ2n) is 7.10. The molecule has 4 atom stereocenters. The van der Waals surface area contributed by atoms with Crippen molar-refractivity contribution < 1.29 is 0 Å². The van der Waals surface area contributed by atoms with Gasteiger partial charge in [0.25, 0.3) is 0 Å². The van der Waals surface area contributed by atoms with Gasteiger partial charge in [0.1, 0.15) is 0 Å². The van der Waals surface area contributed by atoms with E-state index >= 15 is 0 Å². The van der Waals surface area contributed by atoms with Gasteiger partial charge in [0.2, 0.25) is 0 Å². The molecule has 0 spiro atoms.